The summed E-state index contributed by atoms with van der Waals surface area (Å²) in [6.07, 6.45) is 0. The minimum Gasteiger partial charge on any atom is -0.332 e. The lowest BCUT2D eigenvalue weighted by atomic mass is 10.1. The molecule has 4 heteroatoms. The van der Waals surface area contributed by atoms with Gasteiger partial charge in [-0.1, -0.05) is 48.5 Å². The van der Waals surface area contributed by atoms with Gasteiger partial charge in [0.1, 0.15) is 0 Å². The predicted molar refractivity (Wildman–Crippen MR) is 92.3 cm³/mol. The Morgan fingerprint density at radius 2 is 1.50 bits per heavy atom. The van der Waals surface area contributed by atoms with Gasteiger partial charge in [-0.05, 0) is 19.1 Å². The minimum atomic E-state index is 0. The summed E-state index contributed by atoms with van der Waals surface area (Å²) in [6.45, 7) is 2.11. The highest BCUT2D eigenvalue weighted by molar-refractivity contribution is 8.93. The summed E-state index contributed by atoms with van der Waals surface area (Å²) in [5, 5.41) is 4.28. The third-order valence-electron chi connectivity index (χ3n) is 2.87. The monoisotopic (exact) mass is 346 g/mol. The van der Waals surface area contributed by atoms with Crippen LogP contribution in [0.25, 0.3) is 11.3 Å². The van der Waals surface area contributed by atoms with Gasteiger partial charge >= 0.3 is 0 Å². The highest BCUT2D eigenvalue weighted by Crippen LogP contribution is 2.31. The van der Waals surface area contributed by atoms with Gasteiger partial charge < -0.3 is 5.32 Å². The topological polar surface area (TPSA) is 24.9 Å². The summed E-state index contributed by atoms with van der Waals surface area (Å²) in [5.41, 5.74) is 3.29. The van der Waals surface area contributed by atoms with E-state index in [4.69, 9.17) is 0 Å². The molecule has 0 atom stereocenters. The third-order valence-corrected chi connectivity index (χ3v) is 3.76. The van der Waals surface area contributed by atoms with Crippen LogP contribution in [0, 0.1) is 6.92 Å². The summed E-state index contributed by atoms with van der Waals surface area (Å²) in [7, 11) is 0. The van der Waals surface area contributed by atoms with Gasteiger partial charge in [0.05, 0.1) is 5.69 Å². The van der Waals surface area contributed by atoms with Gasteiger partial charge in [-0.3, -0.25) is 0 Å². The molecule has 0 aliphatic heterocycles. The highest BCUT2D eigenvalue weighted by atomic mass is 79.9. The number of rotatable bonds is 3. The van der Waals surface area contributed by atoms with Gasteiger partial charge in [-0.15, -0.1) is 28.3 Å². The molecule has 1 N–H and O–H groups in total. The molecule has 1 aromatic heterocycles. The summed E-state index contributed by atoms with van der Waals surface area (Å²) >= 11 is 1.68. The van der Waals surface area contributed by atoms with Gasteiger partial charge in [0.25, 0.3) is 0 Å². The molecular weight excluding hydrogens is 332 g/mol. The first-order valence-electron chi connectivity index (χ1n) is 6.18. The van der Waals surface area contributed by atoms with Crippen molar-refractivity contribution in [1.29, 1.82) is 0 Å². The zero-order chi connectivity index (χ0) is 13.1. The number of nitrogens with zero attached hydrogens (tertiary/aromatic N) is 1. The summed E-state index contributed by atoms with van der Waals surface area (Å²) in [6, 6.07) is 20.4. The maximum Gasteiger partial charge on any atom is 0.187 e. The Balaban J connectivity index is 0.00000147. The molecule has 3 rings (SSSR count). The first kappa shape index (κ1) is 14.8. The van der Waals surface area contributed by atoms with E-state index in [0.29, 0.717) is 0 Å². The van der Waals surface area contributed by atoms with Gasteiger partial charge in [-0.2, -0.15) is 0 Å². The maximum atomic E-state index is 4.68. The van der Waals surface area contributed by atoms with Crippen LogP contribution in [0.2, 0.25) is 0 Å². The van der Waals surface area contributed by atoms with Crippen molar-refractivity contribution in [2.45, 2.75) is 6.92 Å². The van der Waals surface area contributed by atoms with E-state index in [1.54, 1.807) is 11.3 Å². The van der Waals surface area contributed by atoms with Crippen LogP contribution < -0.4 is 5.32 Å². The smallest absolute Gasteiger partial charge is 0.187 e. The van der Waals surface area contributed by atoms with Crippen LogP contribution in [0.5, 0.6) is 0 Å². The molecule has 102 valence electrons. The molecule has 0 unspecified atom stereocenters. The molecule has 0 amide bonds. The van der Waals surface area contributed by atoms with Crippen LogP contribution in [-0.4, -0.2) is 4.98 Å². The number of anilines is 2. The van der Waals surface area contributed by atoms with Crippen molar-refractivity contribution < 1.29 is 0 Å². The van der Waals surface area contributed by atoms with E-state index in [2.05, 4.69) is 29.4 Å². The van der Waals surface area contributed by atoms with E-state index in [9.17, 15) is 0 Å². The highest BCUT2D eigenvalue weighted by Gasteiger charge is 2.09. The molecule has 0 radical (unpaired) electrons. The van der Waals surface area contributed by atoms with E-state index in [1.807, 2.05) is 48.5 Å². The first-order valence-corrected chi connectivity index (χ1v) is 6.99. The van der Waals surface area contributed by atoms with Crippen LogP contribution in [0.3, 0.4) is 0 Å². The number of halogens is 1. The van der Waals surface area contributed by atoms with Crippen molar-refractivity contribution in [3.05, 3.63) is 65.5 Å². The first-order chi connectivity index (χ1) is 9.33. The second-order valence-corrected chi connectivity index (χ2v) is 5.48. The molecule has 0 saturated heterocycles. The van der Waals surface area contributed by atoms with Crippen molar-refractivity contribution in [3.63, 3.8) is 0 Å². The Morgan fingerprint density at radius 1 is 0.900 bits per heavy atom. The van der Waals surface area contributed by atoms with Crippen LogP contribution in [0.1, 0.15) is 4.88 Å². The number of aryl methyl sites for hydroxylation is 1. The standard InChI is InChI=1S/C16H14N2S.BrH/c1-12-15(13-8-4-2-5-9-13)18-16(19-12)17-14-10-6-3-7-11-14;/h2-11H,1H3,(H,17,18);1H. The molecule has 2 aromatic carbocycles. The van der Waals surface area contributed by atoms with Gasteiger partial charge in [0.15, 0.2) is 5.13 Å². The van der Waals surface area contributed by atoms with E-state index in [1.165, 1.54) is 4.88 Å². The van der Waals surface area contributed by atoms with Gasteiger partial charge in [0, 0.05) is 16.1 Å². The van der Waals surface area contributed by atoms with Crippen LogP contribution in [0.15, 0.2) is 60.7 Å². The Bertz CT molecular complexity index is 665. The van der Waals surface area contributed by atoms with E-state index < -0.39 is 0 Å². The minimum absolute atomic E-state index is 0. The van der Waals surface area contributed by atoms with Crippen molar-refractivity contribution >= 4 is 39.1 Å². The number of aromatic nitrogens is 1. The van der Waals surface area contributed by atoms with Crippen LogP contribution >= 0.6 is 28.3 Å². The number of para-hydroxylation sites is 1. The molecular formula is C16H15BrN2S. The number of nitrogens with one attached hydrogen (secondary N) is 1. The van der Waals surface area contributed by atoms with E-state index >= 15 is 0 Å². The second-order valence-electron chi connectivity index (χ2n) is 4.28. The zero-order valence-electron chi connectivity index (χ0n) is 11.0. The van der Waals surface area contributed by atoms with Crippen molar-refractivity contribution in [1.82, 2.24) is 4.98 Å². The second kappa shape index (κ2) is 6.68. The maximum absolute atomic E-state index is 4.68. The van der Waals surface area contributed by atoms with E-state index in [0.717, 1.165) is 22.1 Å². The van der Waals surface area contributed by atoms with E-state index in [-0.39, 0.29) is 17.0 Å². The molecule has 2 nitrogen and oxygen atoms in total. The largest absolute Gasteiger partial charge is 0.332 e. The molecule has 3 aromatic rings. The van der Waals surface area contributed by atoms with Crippen molar-refractivity contribution in [2.75, 3.05) is 5.32 Å². The van der Waals surface area contributed by atoms with Crippen molar-refractivity contribution in [3.8, 4) is 11.3 Å². The van der Waals surface area contributed by atoms with Crippen LogP contribution in [0.4, 0.5) is 10.8 Å². The Morgan fingerprint density at radius 3 is 2.15 bits per heavy atom. The fourth-order valence-corrected chi connectivity index (χ4v) is 2.81. The molecule has 0 spiro atoms. The number of thiazole rings is 1. The normalized spacial score (nSPS) is 9.85. The Labute approximate surface area is 133 Å². The Kier molecular flexibility index (Phi) is 4.93. The third kappa shape index (κ3) is 3.26. The number of hydrogen-bond donors (Lipinski definition) is 1. The predicted octanol–water partition coefficient (Wildman–Crippen LogP) is 5.44. The molecule has 0 aliphatic carbocycles. The lowest BCUT2D eigenvalue weighted by molar-refractivity contribution is 1.36. The molecule has 0 saturated carbocycles. The molecule has 1 heterocycles. The number of benzene rings is 2. The molecule has 0 aliphatic rings. The Hall–Kier alpha value is -1.65. The molecule has 20 heavy (non-hydrogen) atoms. The van der Waals surface area contributed by atoms with Gasteiger partial charge in [0.2, 0.25) is 0 Å². The number of hydrogen-bond acceptors (Lipinski definition) is 3. The summed E-state index contributed by atoms with van der Waals surface area (Å²) < 4.78 is 0. The van der Waals surface area contributed by atoms with Crippen LogP contribution in [-0.2, 0) is 0 Å². The lowest BCUT2D eigenvalue weighted by Crippen LogP contribution is -1.88. The lowest BCUT2D eigenvalue weighted by Gasteiger charge is -2.00. The molecule has 0 bridgehead atoms. The average molecular weight is 347 g/mol. The van der Waals surface area contributed by atoms with Gasteiger partial charge in [-0.25, -0.2) is 4.98 Å². The fraction of sp³-hybridized carbons (Fsp3) is 0.0625. The SMILES string of the molecule is Br.Cc1sc(Nc2ccccc2)nc1-c1ccccc1. The molecule has 0 fully saturated rings. The fourth-order valence-electron chi connectivity index (χ4n) is 1.96. The zero-order valence-corrected chi connectivity index (χ0v) is 13.6. The summed E-state index contributed by atoms with van der Waals surface area (Å²) in [5.74, 6) is 0. The summed E-state index contributed by atoms with van der Waals surface area (Å²) in [4.78, 5) is 5.91. The quantitative estimate of drug-likeness (QED) is 0.682. The van der Waals surface area contributed by atoms with Crippen molar-refractivity contribution in [2.24, 2.45) is 0 Å². The average Bonchev–Trinajstić information content (AvgIpc) is 2.82.